The molecule has 0 radical (unpaired) electrons. The summed E-state index contributed by atoms with van der Waals surface area (Å²) in [6, 6.07) is 2.23. The first kappa shape index (κ1) is 9.11. The maximum absolute atomic E-state index is 10.8. The Bertz CT molecular complexity index is 384. The standard InChI is InChI=1S/C7H8N2O4/c1-9(7(12)13)4-2-5(10)8-6(11)3-4/h2-3H,1H3,(H,12,13)(H2,8,10,11). The molecule has 1 rings (SSSR count). The van der Waals surface area contributed by atoms with Crippen LogP contribution in [-0.2, 0) is 0 Å². The number of rotatable bonds is 1. The largest absolute Gasteiger partial charge is 0.494 e. The lowest BCUT2D eigenvalue weighted by Gasteiger charge is -2.11. The molecule has 1 amide bonds. The molecule has 0 unspecified atom stereocenters. The molecule has 0 saturated carbocycles. The predicted octanol–water partition coefficient (Wildman–Crippen LogP) is 0.195. The number of aromatic amines is 1. The lowest BCUT2D eigenvalue weighted by atomic mass is 10.4. The number of hydrogen-bond acceptors (Lipinski definition) is 3. The fourth-order valence-corrected chi connectivity index (χ4v) is 0.819. The third-order valence-corrected chi connectivity index (χ3v) is 1.49. The second-order valence-electron chi connectivity index (χ2n) is 2.43. The highest BCUT2D eigenvalue weighted by atomic mass is 16.4. The van der Waals surface area contributed by atoms with Gasteiger partial charge in [-0.15, -0.1) is 0 Å². The molecule has 0 atom stereocenters. The summed E-state index contributed by atoms with van der Waals surface area (Å²) in [7, 11) is 1.27. The Morgan fingerprint density at radius 3 is 2.62 bits per heavy atom. The van der Waals surface area contributed by atoms with Crippen LogP contribution in [-0.4, -0.2) is 28.3 Å². The molecule has 0 spiro atoms. The topological polar surface area (TPSA) is 93.6 Å². The zero-order valence-corrected chi connectivity index (χ0v) is 6.81. The van der Waals surface area contributed by atoms with Crippen molar-refractivity contribution in [3.63, 3.8) is 0 Å². The first-order valence-electron chi connectivity index (χ1n) is 3.40. The van der Waals surface area contributed by atoms with Gasteiger partial charge in [0, 0.05) is 19.2 Å². The van der Waals surface area contributed by atoms with Crippen LogP contribution in [0.5, 0.6) is 5.88 Å². The number of H-pyrrole nitrogens is 1. The molecule has 13 heavy (non-hydrogen) atoms. The predicted molar refractivity (Wildman–Crippen MR) is 45.2 cm³/mol. The van der Waals surface area contributed by atoms with Gasteiger partial charge in [-0.05, 0) is 0 Å². The van der Waals surface area contributed by atoms with Gasteiger partial charge < -0.3 is 10.2 Å². The van der Waals surface area contributed by atoms with Crippen molar-refractivity contribution >= 4 is 11.8 Å². The van der Waals surface area contributed by atoms with Gasteiger partial charge >= 0.3 is 6.09 Å². The van der Waals surface area contributed by atoms with E-state index in [9.17, 15) is 9.59 Å². The van der Waals surface area contributed by atoms with Gasteiger partial charge in [0.1, 0.15) is 0 Å². The second-order valence-corrected chi connectivity index (χ2v) is 2.43. The summed E-state index contributed by atoms with van der Waals surface area (Å²) in [6.45, 7) is 0. The molecule has 0 bridgehead atoms. The maximum atomic E-state index is 10.8. The zero-order chi connectivity index (χ0) is 10.0. The van der Waals surface area contributed by atoms with E-state index in [1.54, 1.807) is 0 Å². The van der Waals surface area contributed by atoms with Crippen molar-refractivity contribution in [1.82, 2.24) is 4.98 Å². The van der Waals surface area contributed by atoms with Gasteiger partial charge in [0.2, 0.25) is 0 Å². The Hall–Kier alpha value is -1.98. The Balaban J connectivity index is 3.15. The van der Waals surface area contributed by atoms with E-state index in [0.717, 1.165) is 17.0 Å². The van der Waals surface area contributed by atoms with E-state index in [4.69, 9.17) is 10.2 Å². The van der Waals surface area contributed by atoms with E-state index in [2.05, 4.69) is 4.98 Å². The number of aromatic nitrogens is 1. The van der Waals surface area contributed by atoms with Gasteiger partial charge in [-0.3, -0.25) is 14.7 Å². The van der Waals surface area contributed by atoms with Gasteiger partial charge in [-0.25, -0.2) is 4.79 Å². The average molecular weight is 184 g/mol. The van der Waals surface area contributed by atoms with Crippen LogP contribution < -0.4 is 10.5 Å². The van der Waals surface area contributed by atoms with Crippen LogP contribution in [0.25, 0.3) is 0 Å². The monoisotopic (exact) mass is 184 g/mol. The van der Waals surface area contributed by atoms with Crippen LogP contribution in [0.1, 0.15) is 0 Å². The number of anilines is 1. The SMILES string of the molecule is CN(C(=O)O)c1cc(O)[nH]c(=O)c1. The number of carbonyl (C=O) groups is 1. The average Bonchev–Trinajstić information content (AvgIpc) is 2.01. The van der Waals surface area contributed by atoms with Crippen LogP contribution in [0.2, 0.25) is 0 Å². The molecule has 3 N–H and O–H groups in total. The van der Waals surface area contributed by atoms with E-state index in [1.165, 1.54) is 7.05 Å². The number of amides is 1. The van der Waals surface area contributed by atoms with E-state index in [1.807, 2.05) is 0 Å². The van der Waals surface area contributed by atoms with Crippen LogP contribution in [0, 0.1) is 0 Å². The summed E-state index contributed by atoms with van der Waals surface area (Å²) >= 11 is 0. The van der Waals surface area contributed by atoms with Crippen molar-refractivity contribution in [2.75, 3.05) is 11.9 Å². The molecule has 6 heteroatoms. The summed E-state index contributed by atoms with van der Waals surface area (Å²) in [5.41, 5.74) is -0.433. The number of nitrogens with zero attached hydrogens (tertiary/aromatic N) is 1. The molecular formula is C7H8N2O4. The van der Waals surface area contributed by atoms with Crippen molar-refractivity contribution in [3.8, 4) is 5.88 Å². The van der Waals surface area contributed by atoms with E-state index in [-0.39, 0.29) is 11.6 Å². The van der Waals surface area contributed by atoms with Gasteiger partial charge in [0.15, 0.2) is 5.88 Å². The molecule has 6 nitrogen and oxygen atoms in total. The van der Waals surface area contributed by atoms with Crippen molar-refractivity contribution in [1.29, 1.82) is 0 Å². The minimum absolute atomic E-state index is 0.119. The minimum atomic E-state index is -1.20. The number of hydrogen-bond donors (Lipinski definition) is 3. The molecular weight excluding hydrogens is 176 g/mol. The molecule has 1 heterocycles. The lowest BCUT2D eigenvalue weighted by Crippen LogP contribution is -2.25. The Kier molecular flexibility index (Phi) is 2.23. The van der Waals surface area contributed by atoms with Gasteiger partial charge in [-0.2, -0.15) is 0 Å². The molecule has 70 valence electrons. The second kappa shape index (κ2) is 3.18. The highest BCUT2D eigenvalue weighted by Gasteiger charge is 2.09. The highest BCUT2D eigenvalue weighted by Crippen LogP contribution is 2.13. The molecule has 0 aliphatic carbocycles. The Morgan fingerprint density at radius 2 is 2.15 bits per heavy atom. The highest BCUT2D eigenvalue weighted by molar-refractivity contribution is 5.85. The lowest BCUT2D eigenvalue weighted by molar-refractivity contribution is 0.203. The zero-order valence-electron chi connectivity index (χ0n) is 6.81. The third-order valence-electron chi connectivity index (χ3n) is 1.49. The number of pyridine rings is 1. The van der Waals surface area contributed by atoms with Gasteiger partial charge in [-0.1, -0.05) is 0 Å². The van der Waals surface area contributed by atoms with E-state index < -0.39 is 11.7 Å². The molecule has 0 aliphatic heterocycles. The van der Waals surface area contributed by atoms with Crippen molar-refractivity contribution in [2.24, 2.45) is 0 Å². The normalized spacial score (nSPS) is 9.62. The fraction of sp³-hybridized carbons (Fsp3) is 0.143. The van der Waals surface area contributed by atoms with Crippen molar-refractivity contribution in [2.45, 2.75) is 0 Å². The van der Waals surface area contributed by atoms with E-state index >= 15 is 0 Å². The van der Waals surface area contributed by atoms with Crippen LogP contribution in [0.15, 0.2) is 16.9 Å². The van der Waals surface area contributed by atoms with Crippen molar-refractivity contribution in [3.05, 3.63) is 22.5 Å². The summed E-state index contributed by atoms with van der Waals surface area (Å²) in [6.07, 6.45) is -1.20. The number of aromatic hydroxyl groups is 1. The Morgan fingerprint density at radius 1 is 1.54 bits per heavy atom. The first-order valence-corrected chi connectivity index (χ1v) is 3.40. The smallest absolute Gasteiger partial charge is 0.411 e. The minimum Gasteiger partial charge on any atom is -0.494 e. The van der Waals surface area contributed by atoms with Gasteiger partial charge in [0.25, 0.3) is 5.56 Å². The molecule has 1 aromatic rings. The Labute approximate surface area is 73.1 Å². The van der Waals surface area contributed by atoms with Crippen LogP contribution in [0.3, 0.4) is 0 Å². The summed E-state index contributed by atoms with van der Waals surface area (Å²) < 4.78 is 0. The number of nitrogens with one attached hydrogen (secondary N) is 1. The molecule has 0 saturated heterocycles. The first-order chi connectivity index (χ1) is 6.00. The van der Waals surface area contributed by atoms with Crippen LogP contribution >= 0.6 is 0 Å². The molecule has 0 aromatic carbocycles. The van der Waals surface area contributed by atoms with Crippen molar-refractivity contribution < 1.29 is 15.0 Å². The maximum Gasteiger partial charge on any atom is 0.411 e. The summed E-state index contributed by atoms with van der Waals surface area (Å²) in [5, 5.41) is 17.5. The fourth-order valence-electron chi connectivity index (χ4n) is 0.819. The molecule has 1 aromatic heterocycles. The van der Waals surface area contributed by atoms with Gasteiger partial charge in [0.05, 0.1) is 5.69 Å². The van der Waals surface area contributed by atoms with E-state index in [0.29, 0.717) is 0 Å². The summed E-state index contributed by atoms with van der Waals surface area (Å²) in [4.78, 5) is 24.2. The quantitative estimate of drug-likeness (QED) is 0.580. The molecule has 0 fully saturated rings. The number of carboxylic acid groups (broad SMARTS) is 1. The molecule has 0 aliphatic rings. The summed E-state index contributed by atoms with van der Waals surface area (Å²) in [5.74, 6) is -0.365. The van der Waals surface area contributed by atoms with Crippen LogP contribution in [0.4, 0.5) is 10.5 Å². The third kappa shape index (κ3) is 1.98.